The van der Waals surface area contributed by atoms with E-state index in [-0.39, 0.29) is 5.91 Å². The molecule has 0 unspecified atom stereocenters. The molecular formula is C14H26N2O3. The second-order valence-electron chi connectivity index (χ2n) is 5.51. The third-order valence-electron chi connectivity index (χ3n) is 4.35. The van der Waals surface area contributed by atoms with Gasteiger partial charge < -0.3 is 15.7 Å². The molecule has 1 rings (SSSR count). The van der Waals surface area contributed by atoms with E-state index in [1.165, 1.54) is 0 Å². The van der Waals surface area contributed by atoms with Crippen LogP contribution in [0.2, 0.25) is 0 Å². The molecule has 0 radical (unpaired) electrons. The van der Waals surface area contributed by atoms with E-state index < -0.39 is 17.4 Å². The van der Waals surface area contributed by atoms with Crippen LogP contribution in [0.1, 0.15) is 52.4 Å². The van der Waals surface area contributed by atoms with Gasteiger partial charge in [0.05, 0.1) is 11.5 Å². The highest BCUT2D eigenvalue weighted by molar-refractivity contribution is 5.82. The van der Waals surface area contributed by atoms with Gasteiger partial charge in [-0.15, -0.1) is 0 Å². The minimum atomic E-state index is -0.739. The number of amides is 1. The molecule has 1 aliphatic rings. The second-order valence-corrected chi connectivity index (χ2v) is 5.51. The van der Waals surface area contributed by atoms with E-state index in [0.29, 0.717) is 38.8 Å². The predicted molar refractivity (Wildman–Crippen MR) is 73.7 cm³/mol. The summed E-state index contributed by atoms with van der Waals surface area (Å²) in [5.74, 6) is -0.763. The van der Waals surface area contributed by atoms with Gasteiger partial charge in [0.2, 0.25) is 5.91 Å². The van der Waals surface area contributed by atoms with Gasteiger partial charge in [0, 0.05) is 13.1 Å². The number of unbranched alkanes of at least 4 members (excludes halogenated alkanes) is 1. The monoisotopic (exact) mass is 270 g/mol. The van der Waals surface area contributed by atoms with E-state index in [2.05, 4.69) is 6.92 Å². The Labute approximate surface area is 115 Å². The highest BCUT2D eigenvalue weighted by atomic mass is 16.4. The maximum atomic E-state index is 12.1. The van der Waals surface area contributed by atoms with Crippen molar-refractivity contribution < 1.29 is 14.7 Å². The average molecular weight is 270 g/mol. The summed E-state index contributed by atoms with van der Waals surface area (Å²) in [6.07, 6.45) is 4.37. The zero-order chi connectivity index (χ0) is 14.5. The fourth-order valence-electron chi connectivity index (χ4n) is 2.66. The normalized spacial score (nSPS) is 20.1. The van der Waals surface area contributed by atoms with Crippen LogP contribution in [0.3, 0.4) is 0 Å². The number of nitrogens with two attached hydrogens (primary N) is 1. The standard InChI is InChI=1S/C14H26N2O3/c1-3-5-6-11(15)12(17)16-9-7-14(4-2,8-10-16)13(18)19/h11H,3-10,15H2,1-2H3,(H,18,19)/t11-/m0/s1. The Balaban J connectivity index is 2.53. The van der Waals surface area contributed by atoms with Gasteiger partial charge in [-0.3, -0.25) is 9.59 Å². The zero-order valence-corrected chi connectivity index (χ0v) is 12.0. The SMILES string of the molecule is CCCC[C@H](N)C(=O)N1CCC(CC)(C(=O)O)CC1. The first-order chi connectivity index (χ1) is 8.96. The highest BCUT2D eigenvalue weighted by Crippen LogP contribution is 2.35. The average Bonchev–Trinajstić information content (AvgIpc) is 2.43. The van der Waals surface area contributed by atoms with Crippen LogP contribution in [0.25, 0.3) is 0 Å². The number of carboxylic acids is 1. The number of piperidine rings is 1. The number of carbonyl (C=O) groups is 2. The Kier molecular flexibility index (Phi) is 5.79. The molecule has 1 aliphatic heterocycles. The summed E-state index contributed by atoms with van der Waals surface area (Å²) in [5, 5.41) is 9.31. The Morgan fingerprint density at radius 2 is 1.89 bits per heavy atom. The first-order valence-corrected chi connectivity index (χ1v) is 7.24. The van der Waals surface area contributed by atoms with Crippen LogP contribution in [0.5, 0.6) is 0 Å². The molecule has 0 aliphatic carbocycles. The molecule has 0 spiro atoms. The lowest BCUT2D eigenvalue weighted by molar-refractivity contribution is -0.154. The van der Waals surface area contributed by atoms with Crippen molar-refractivity contribution in [2.24, 2.45) is 11.1 Å². The van der Waals surface area contributed by atoms with Crippen molar-refractivity contribution in [1.82, 2.24) is 4.90 Å². The number of carbonyl (C=O) groups excluding carboxylic acids is 1. The van der Waals surface area contributed by atoms with Crippen LogP contribution >= 0.6 is 0 Å². The van der Waals surface area contributed by atoms with Crippen molar-refractivity contribution in [2.45, 2.75) is 58.4 Å². The number of likely N-dealkylation sites (tertiary alicyclic amines) is 1. The van der Waals surface area contributed by atoms with Crippen molar-refractivity contribution in [3.63, 3.8) is 0 Å². The van der Waals surface area contributed by atoms with Crippen molar-refractivity contribution in [2.75, 3.05) is 13.1 Å². The van der Waals surface area contributed by atoms with E-state index in [1.807, 2.05) is 6.92 Å². The van der Waals surface area contributed by atoms with Crippen LogP contribution < -0.4 is 5.73 Å². The molecule has 19 heavy (non-hydrogen) atoms. The molecule has 0 aromatic carbocycles. The van der Waals surface area contributed by atoms with Gasteiger partial charge in [-0.2, -0.15) is 0 Å². The molecular weight excluding hydrogens is 244 g/mol. The number of hydrogen-bond donors (Lipinski definition) is 2. The summed E-state index contributed by atoms with van der Waals surface area (Å²) >= 11 is 0. The Bertz CT molecular complexity index is 323. The summed E-state index contributed by atoms with van der Waals surface area (Å²) in [6, 6.07) is -0.432. The molecule has 0 saturated carbocycles. The van der Waals surface area contributed by atoms with Crippen LogP contribution in [-0.4, -0.2) is 41.0 Å². The van der Waals surface area contributed by atoms with E-state index in [4.69, 9.17) is 5.73 Å². The molecule has 1 fully saturated rings. The first-order valence-electron chi connectivity index (χ1n) is 7.24. The minimum absolute atomic E-state index is 0.0245. The van der Waals surface area contributed by atoms with Gasteiger partial charge in [-0.1, -0.05) is 26.7 Å². The third kappa shape index (κ3) is 3.69. The maximum Gasteiger partial charge on any atom is 0.309 e. The second kappa shape index (κ2) is 6.89. The van der Waals surface area contributed by atoms with E-state index in [0.717, 1.165) is 12.8 Å². The molecule has 1 heterocycles. The lowest BCUT2D eigenvalue weighted by atomic mass is 9.76. The van der Waals surface area contributed by atoms with E-state index in [1.54, 1.807) is 4.90 Å². The van der Waals surface area contributed by atoms with Gasteiger partial charge in [-0.05, 0) is 25.7 Å². The van der Waals surface area contributed by atoms with Crippen molar-refractivity contribution >= 4 is 11.9 Å². The topological polar surface area (TPSA) is 83.6 Å². The Morgan fingerprint density at radius 1 is 1.32 bits per heavy atom. The lowest BCUT2D eigenvalue weighted by Gasteiger charge is -2.39. The summed E-state index contributed by atoms with van der Waals surface area (Å²) in [4.78, 5) is 25.2. The fraction of sp³-hybridized carbons (Fsp3) is 0.857. The summed E-state index contributed by atoms with van der Waals surface area (Å²) in [6.45, 7) is 5.00. The number of rotatable bonds is 6. The number of nitrogens with zero attached hydrogens (tertiary/aromatic N) is 1. The number of carboxylic acid groups (broad SMARTS) is 1. The molecule has 110 valence electrons. The quantitative estimate of drug-likeness (QED) is 0.768. The van der Waals surface area contributed by atoms with Crippen molar-refractivity contribution in [1.29, 1.82) is 0 Å². The first kappa shape index (κ1) is 16.0. The van der Waals surface area contributed by atoms with E-state index in [9.17, 15) is 14.7 Å². The Morgan fingerprint density at radius 3 is 2.32 bits per heavy atom. The lowest BCUT2D eigenvalue weighted by Crippen LogP contribution is -2.51. The molecule has 5 nitrogen and oxygen atoms in total. The van der Waals surface area contributed by atoms with Gasteiger partial charge in [-0.25, -0.2) is 0 Å². The summed E-state index contributed by atoms with van der Waals surface area (Å²) < 4.78 is 0. The highest BCUT2D eigenvalue weighted by Gasteiger charge is 2.41. The van der Waals surface area contributed by atoms with E-state index >= 15 is 0 Å². The van der Waals surface area contributed by atoms with Crippen molar-refractivity contribution in [3.8, 4) is 0 Å². The van der Waals surface area contributed by atoms with Crippen LogP contribution in [-0.2, 0) is 9.59 Å². The zero-order valence-electron chi connectivity index (χ0n) is 12.0. The third-order valence-corrected chi connectivity index (χ3v) is 4.35. The van der Waals surface area contributed by atoms with Crippen LogP contribution in [0, 0.1) is 5.41 Å². The molecule has 5 heteroatoms. The summed E-state index contributed by atoms with van der Waals surface area (Å²) in [5.41, 5.74) is 5.24. The molecule has 0 aromatic rings. The van der Waals surface area contributed by atoms with Gasteiger partial charge in [0.25, 0.3) is 0 Å². The molecule has 3 N–H and O–H groups in total. The Hall–Kier alpha value is -1.10. The van der Waals surface area contributed by atoms with Crippen molar-refractivity contribution in [3.05, 3.63) is 0 Å². The molecule has 1 amide bonds. The largest absolute Gasteiger partial charge is 0.481 e. The van der Waals surface area contributed by atoms with Gasteiger partial charge in [0.15, 0.2) is 0 Å². The smallest absolute Gasteiger partial charge is 0.309 e. The molecule has 0 bridgehead atoms. The van der Waals surface area contributed by atoms with Crippen LogP contribution in [0.15, 0.2) is 0 Å². The van der Waals surface area contributed by atoms with Crippen LogP contribution in [0.4, 0.5) is 0 Å². The predicted octanol–water partition coefficient (Wildman–Crippen LogP) is 1.61. The number of aliphatic carboxylic acids is 1. The van der Waals surface area contributed by atoms with Gasteiger partial charge >= 0.3 is 5.97 Å². The fourth-order valence-corrected chi connectivity index (χ4v) is 2.66. The number of hydrogen-bond acceptors (Lipinski definition) is 3. The van der Waals surface area contributed by atoms with Gasteiger partial charge in [0.1, 0.15) is 0 Å². The maximum absolute atomic E-state index is 12.1. The molecule has 0 aromatic heterocycles. The molecule has 1 saturated heterocycles. The summed E-state index contributed by atoms with van der Waals surface area (Å²) in [7, 11) is 0. The molecule has 1 atom stereocenters. The minimum Gasteiger partial charge on any atom is -0.481 e.